The maximum absolute atomic E-state index is 11.5. The molecule has 1 aliphatic heterocycles. The molecule has 1 fully saturated rings. The van der Waals surface area contributed by atoms with Crippen molar-refractivity contribution < 1.29 is 9.90 Å². The zero-order valence-electron chi connectivity index (χ0n) is 13.9. The van der Waals surface area contributed by atoms with Crippen LogP contribution in [0.3, 0.4) is 0 Å². The molecule has 1 aromatic heterocycles. The van der Waals surface area contributed by atoms with Crippen molar-refractivity contribution in [1.29, 1.82) is 0 Å². The van der Waals surface area contributed by atoms with E-state index in [2.05, 4.69) is 33.9 Å². The van der Waals surface area contributed by atoms with Gasteiger partial charge in [-0.2, -0.15) is 0 Å². The predicted molar refractivity (Wildman–Crippen MR) is 95.4 cm³/mol. The van der Waals surface area contributed by atoms with Gasteiger partial charge in [0.2, 0.25) is 0 Å². The number of carboxylic acids is 1. The Labute approximate surface area is 146 Å². The van der Waals surface area contributed by atoms with Crippen LogP contribution in [0.4, 0.5) is 0 Å². The van der Waals surface area contributed by atoms with Crippen LogP contribution in [0.1, 0.15) is 41.7 Å². The second-order valence-electron chi connectivity index (χ2n) is 5.97. The molecule has 0 radical (unpaired) electrons. The monoisotopic (exact) mass is 343 g/mol. The highest BCUT2D eigenvalue weighted by Gasteiger charge is 2.20. The molecule has 3 rings (SSSR count). The van der Waals surface area contributed by atoms with E-state index >= 15 is 0 Å². The number of hydrogen-bond donors (Lipinski definition) is 1. The number of aromatic nitrogens is 2. The zero-order valence-corrected chi connectivity index (χ0v) is 14.7. The van der Waals surface area contributed by atoms with Gasteiger partial charge in [0.1, 0.15) is 5.56 Å². The minimum absolute atomic E-state index is 0.133. The normalized spacial score (nSPS) is 16.2. The summed E-state index contributed by atoms with van der Waals surface area (Å²) in [5.74, 6) is -1.01. The van der Waals surface area contributed by atoms with Gasteiger partial charge in [0.25, 0.3) is 0 Å². The highest BCUT2D eigenvalue weighted by Crippen LogP contribution is 2.28. The zero-order chi connectivity index (χ0) is 17.1. The summed E-state index contributed by atoms with van der Waals surface area (Å²) in [5, 5.41) is 9.96. The Morgan fingerprint density at radius 3 is 2.50 bits per heavy atom. The molecular formula is C18H21N3O2S. The highest BCUT2D eigenvalue weighted by molar-refractivity contribution is 7.98. The van der Waals surface area contributed by atoms with Gasteiger partial charge in [0.15, 0.2) is 5.16 Å². The van der Waals surface area contributed by atoms with Crippen molar-refractivity contribution in [2.75, 3.05) is 19.3 Å². The fourth-order valence-corrected chi connectivity index (χ4v) is 3.44. The average molecular weight is 343 g/mol. The van der Waals surface area contributed by atoms with Crippen molar-refractivity contribution in [2.45, 2.75) is 31.0 Å². The summed E-state index contributed by atoms with van der Waals surface area (Å²) >= 11 is 1.40. The van der Waals surface area contributed by atoms with E-state index in [4.69, 9.17) is 0 Å². The molecule has 0 amide bonds. The van der Waals surface area contributed by atoms with Crippen molar-refractivity contribution in [3.63, 3.8) is 0 Å². The van der Waals surface area contributed by atoms with Gasteiger partial charge in [-0.3, -0.25) is 4.90 Å². The second-order valence-corrected chi connectivity index (χ2v) is 6.74. The molecule has 2 aromatic rings. The summed E-state index contributed by atoms with van der Waals surface area (Å²) in [6.07, 6.45) is 5.79. The third-order valence-electron chi connectivity index (χ3n) is 4.53. The molecule has 1 aromatic carbocycles. The largest absolute Gasteiger partial charge is 0.478 e. The quantitative estimate of drug-likeness (QED) is 0.659. The number of rotatable bonds is 5. The Balaban J connectivity index is 1.91. The highest BCUT2D eigenvalue weighted by atomic mass is 32.2. The van der Waals surface area contributed by atoms with Crippen LogP contribution in [0.5, 0.6) is 0 Å². The first-order chi connectivity index (χ1) is 11.6. The van der Waals surface area contributed by atoms with Gasteiger partial charge in [-0.25, -0.2) is 14.8 Å². The van der Waals surface area contributed by atoms with Crippen LogP contribution in [0.25, 0.3) is 11.3 Å². The summed E-state index contributed by atoms with van der Waals surface area (Å²) in [6.45, 7) is 4.52. The third kappa shape index (κ3) is 3.44. The summed E-state index contributed by atoms with van der Waals surface area (Å²) in [7, 11) is 0. The number of hydrogen-bond acceptors (Lipinski definition) is 5. The van der Waals surface area contributed by atoms with E-state index in [0.717, 1.165) is 18.7 Å². The Kier molecular flexibility index (Phi) is 5.16. The van der Waals surface area contributed by atoms with Gasteiger partial charge in [-0.1, -0.05) is 36.0 Å². The molecular weight excluding hydrogens is 322 g/mol. The van der Waals surface area contributed by atoms with E-state index in [-0.39, 0.29) is 5.56 Å². The Morgan fingerprint density at radius 2 is 1.92 bits per heavy atom. The van der Waals surface area contributed by atoms with Crippen LogP contribution in [0.2, 0.25) is 0 Å². The van der Waals surface area contributed by atoms with Crippen LogP contribution >= 0.6 is 11.8 Å². The van der Waals surface area contributed by atoms with Crippen LogP contribution in [-0.4, -0.2) is 45.3 Å². The van der Waals surface area contributed by atoms with E-state index in [9.17, 15) is 9.90 Å². The molecule has 0 spiro atoms. The molecule has 1 saturated heterocycles. The number of likely N-dealkylation sites (tertiary alicyclic amines) is 1. The van der Waals surface area contributed by atoms with E-state index in [1.54, 1.807) is 0 Å². The van der Waals surface area contributed by atoms with Crippen molar-refractivity contribution >= 4 is 17.7 Å². The van der Waals surface area contributed by atoms with Crippen molar-refractivity contribution in [1.82, 2.24) is 14.9 Å². The van der Waals surface area contributed by atoms with Gasteiger partial charge in [0, 0.05) is 17.8 Å². The first-order valence-electron chi connectivity index (χ1n) is 8.09. The lowest BCUT2D eigenvalue weighted by Crippen LogP contribution is -2.23. The van der Waals surface area contributed by atoms with Crippen LogP contribution in [-0.2, 0) is 0 Å². The molecule has 2 heterocycles. The SMILES string of the molecule is CSc1ncc(C(=O)O)c(-c2ccc([C@H](C)N3CCCC3)cc2)n1. The Morgan fingerprint density at radius 1 is 1.25 bits per heavy atom. The second kappa shape index (κ2) is 7.32. The lowest BCUT2D eigenvalue weighted by Gasteiger charge is -2.24. The van der Waals surface area contributed by atoms with E-state index in [1.807, 2.05) is 18.4 Å². The lowest BCUT2D eigenvalue weighted by molar-refractivity contribution is 0.0696. The Bertz CT molecular complexity index is 728. The maximum atomic E-state index is 11.5. The van der Waals surface area contributed by atoms with Crippen LogP contribution in [0.15, 0.2) is 35.6 Å². The lowest BCUT2D eigenvalue weighted by atomic mass is 10.0. The van der Waals surface area contributed by atoms with Gasteiger partial charge in [0.05, 0.1) is 5.69 Å². The minimum Gasteiger partial charge on any atom is -0.478 e. The first kappa shape index (κ1) is 16.9. The van der Waals surface area contributed by atoms with Gasteiger partial charge in [-0.15, -0.1) is 0 Å². The van der Waals surface area contributed by atoms with Crippen molar-refractivity contribution in [3.8, 4) is 11.3 Å². The smallest absolute Gasteiger partial charge is 0.339 e. The number of benzene rings is 1. The predicted octanol–water partition coefficient (Wildman–Crippen LogP) is 3.72. The standard InChI is InChI=1S/C18H21N3O2S/c1-12(21-9-3-4-10-21)13-5-7-14(8-6-13)16-15(17(22)23)11-19-18(20-16)24-2/h5-8,11-12H,3-4,9-10H2,1-2H3,(H,22,23)/t12-/m0/s1. The summed E-state index contributed by atoms with van der Waals surface area (Å²) in [4.78, 5) is 22.4. The molecule has 24 heavy (non-hydrogen) atoms. The number of carboxylic acid groups (broad SMARTS) is 1. The number of thioether (sulfide) groups is 1. The molecule has 0 bridgehead atoms. The van der Waals surface area contributed by atoms with Crippen molar-refractivity contribution in [2.24, 2.45) is 0 Å². The molecule has 0 aliphatic carbocycles. The molecule has 1 aliphatic rings. The van der Waals surface area contributed by atoms with Crippen LogP contribution < -0.4 is 0 Å². The topological polar surface area (TPSA) is 66.3 Å². The fraction of sp³-hybridized carbons (Fsp3) is 0.389. The van der Waals surface area contributed by atoms with Crippen molar-refractivity contribution in [3.05, 3.63) is 41.6 Å². The van der Waals surface area contributed by atoms with Crippen LogP contribution in [0, 0.1) is 0 Å². The number of aromatic carboxylic acids is 1. The van der Waals surface area contributed by atoms with E-state index < -0.39 is 5.97 Å². The van der Waals surface area contributed by atoms with Gasteiger partial charge < -0.3 is 5.11 Å². The van der Waals surface area contributed by atoms with E-state index in [1.165, 1.54) is 36.4 Å². The van der Waals surface area contributed by atoms with Gasteiger partial charge >= 0.3 is 5.97 Å². The third-order valence-corrected chi connectivity index (χ3v) is 5.10. The summed E-state index contributed by atoms with van der Waals surface area (Å²) in [5.41, 5.74) is 2.66. The molecule has 0 unspecified atom stereocenters. The minimum atomic E-state index is -1.01. The molecule has 1 N–H and O–H groups in total. The molecule has 126 valence electrons. The fourth-order valence-electron chi connectivity index (χ4n) is 3.10. The molecule has 5 nitrogen and oxygen atoms in total. The molecule has 1 atom stereocenters. The molecule has 0 saturated carbocycles. The van der Waals surface area contributed by atoms with Gasteiger partial charge in [-0.05, 0) is 44.7 Å². The summed E-state index contributed by atoms with van der Waals surface area (Å²) < 4.78 is 0. The number of nitrogens with zero attached hydrogens (tertiary/aromatic N) is 3. The molecule has 6 heteroatoms. The Hall–Kier alpha value is -1.92. The summed E-state index contributed by atoms with van der Waals surface area (Å²) in [6, 6.07) is 8.45. The first-order valence-corrected chi connectivity index (χ1v) is 9.31. The number of carbonyl (C=O) groups is 1. The average Bonchev–Trinajstić information content (AvgIpc) is 3.15. The van der Waals surface area contributed by atoms with E-state index in [0.29, 0.717) is 16.9 Å². The maximum Gasteiger partial charge on any atom is 0.339 e.